The van der Waals surface area contributed by atoms with Crippen molar-refractivity contribution in [2.24, 2.45) is 16.8 Å². The lowest BCUT2D eigenvalue weighted by Crippen LogP contribution is -2.51. The largest absolute Gasteiger partial charge is 0.357 e. The van der Waals surface area contributed by atoms with Crippen molar-refractivity contribution in [3.63, 3.8) is 0 Å². The number of likely N-dealkylation sites (tertiary alicyclic amines) is 1. The lowest BCUT2D eigenvalue weighted by molar-refractivity contribution is -0.140. The number of guanidine groups is 1. The molecule has 170 valence electrons. The molecule has 0 radical (unpaired) electrons. The molecule has 3 fully saturated rings. The Morgan fingerprint density at radius 1 is 1.03 bits per heavy atom. The summed E-state index contributed by atoms with van der Waals surface area (Å²) in [5.41, 5.74) is 0. The summed E-state index contributed by atoms with van der Waals surface area (Å²) in [4.78, 5) is 35.7. The summed E-state index contributed by atoms with van der Waals surface area (Å²) < 4.78 is 0. The zero-order valence-corrected chi connectivity index (χ0v) is 19.0. The van der Waals surface area contributed by atoms with Crippen molar-refractivity contribution in [2.75, 3.05) is 58.9 Å². The van der Waals surface area contributed by atoms with Gasteiger partial charge in [0.05, 0.1) is 6.54 Å². The fraction of sp³-hybridized carbons (Fsp3) is 0.864. The molecule has 2 amide bonds. The van der Waals surface area contributed by atoms with Gasteiger partial charge < -0.3 is 20.4 Å². The maximum absolute atomic E-state index is 12.4. The van der Waals surface area contributed by atoms with Crippen LogP contribution in [0.1, 0.15) is 46.5 Å². The number of amides is 2. The van der Waals surface area contributed by atoms with E-state index in [1.165, 1.54) is 6.42 Å². The molecule has 1 aliphatic carbocycles. The van der Waals surface area contributed by atoms with Crippen LogP contribution in [-0.4, -0.2) is 97.4 Å². The molecular weight excluding hydrogens is 380 g/mol. The van der Waals surface area contributed by atoms with Crippen LogP contribution in [-0.2, 0) is 9.59 Å². The minimum Gasteiger partial charge on any atom is -0.357 e. The van der Waals surface area contributed by atoms with Crippen molar-refractivity contribution in [3.8, 4) is 0 Å². The van der Waals surface area contributed by atoms with E-state index in [4.69, 9.17) is 4.99 Å². The minimum atomic E-state index is 0.0511. The Bertz CT molecular complexity index is 611. The normalized spacial score (nSPS) is 23.6. The highest BCUT2D eigenvalue weighted by molar-refractivity contribution is 5.81. The van der Waals surface area contributed by atoms with Crippen molar-refractivity contribution < 1.29 is 9.59 Å². The number of rotatable bonds is 7. The minimum absolute atomic E-state index is 0.0511. The van der Waals surface area contributed by atoms with Crippen molar-refractivity contribution in [1.82, 2.24) is 25.3 Å². The SMILES string of the molecule is CCNC(=NCCN1CCN(C(=O)C2CCC2)CC1)NC1CCN(C(=O)C(C)C)C1. The number of nitrogens with one attached hydrogen (secondary N) is 2. The first kappa shape index (κ1) is 22.8. The van der Waals surface area contributed by atoms with Gasteiger partial charge in [-0.2, -0.15) is 0 Å². The third kappa shape index (κ3) is 6.09. The maximum Gasteiger partial charge on any atom is 0.225 e. The molecule has 1 atom stereocenters. The lowest BCUT2D eigenvalue weighted by atomic mass is 9.84. The van der Waals surface area contributed by atoms with E-state index in [1.54, 1.807) is 0 Å². The highest BCUT2D eigenvalue weighted by Gasteiger charge is 2.31. The van der Waals surface area contributed by atoms with Gasteiger partial charge in [0.25, 0.3) is 0 Å². The predicted molar refractivity (Wildman–Crippen MR) is 119 cm³/mol. The molecule has 2 saturated heterocycles. The van der Waals surface area contributed by atoms with Gasteiger partial charge in [0.1, 0.15) is 0 Å². The Kier molecular flexibility index (Phi) is 8.36. The topological polar surface area (TPSA) is 80.3 Å². The van der Waals surface area contributed by atoms with Crippen molar-refractivity contribution in [3.05, 3.63) is 0 Å². The summed E-state index contributed by atoms with van der Waals surface area (Å²) in [6, 6.07) is 0.256. The van der Waals surface area contributed by atoms with Crippen LogP contribution in [0.4, 0.5) is 0 Å². The van der Waals surface area contributed by atoms with Crippen LogP contribution in [0.25, 0.3) is 0 Å². The number of piperazine rings is 1. The van der Waals surface area contributed by atoms with E-state index in [0.717, 1.165) is 84.1 Å². The van der Waals surface area contributed by atoms with Crippen LogP contribution in [0.5, 0.6) is 0 Å². The molecule has 8 nitrogen and oxygen atoms in total. The van der Waals surface area contributed by atoms with Gasteiger partial charge in [0.2, 0.25) is 11.8 Å². The highest BCUT2D eigenvalue weighted by Crippen LogP contribution is 2.28. The molecule has 1 unspecified atom stereocenters. The van der Waals surface area contributed by atoms with Crippen molar-refractivity contribution in [2.45, 2.75) is 52.5 Å². The number of hydrogen-bond donors (Lipinski definition) is 2. The molecule has 0 spiro atoms. The Labute approximate surface area is 181 Å². The van der Waals surface area contributed by atoms with E-state index in [-0.39, 0.29) is 17.9 Å². The fourth-order valence-corrected chi connectivity index (χ4v) is 4.37. The maximum atomic E-state index is 12.4. The summed E-state index contributed by atoms with van der Waals surface area (Å²) in [7, 11) is 0. The number of carbonyl (C=O) groups excluding carboxylic acids is 2. The highest BCUT2D eigenvalue weighted by atomic mass is 16.2. The van der Waals surface area contributed by atoms with E-state index in [0.29, 0.717) is 11.8 Å². The Morgan fingerprint density at radius 2 is 1.77 bits per heavy atom. The van der Waals surface area contributed by atoms with E-state index in [1.807, 2.05) is 18.7 Å². The Balaban J connectivity index is 1.39. The lowest BCUT2D eigenvalue weighted by Gasteiger charge is -2.38. The number of hydrogen-bond acceptors (Lipinski definition) is 4. The van der Waals surface area contributed by atoms with Gasteiger partial charge >= 0.3 is 0 Å². The van der Waals surface area contributed by atoms with E-state index >= 15 is 0 Å². The van der Waals surface area contributed by atoms with E-state index < -0.39 is 0 Å². The van der Waals surface area contributed by atoms with Crippen LogP contribution in [0.3, 0.4) is 0 Å². The molecule has 0 bridgehead atoms. The average Bonchev–Trinajstić information content (AvgIpc) is 3.15. The molecule has 1 saturated carbocycles. The van der Waals surface area contributed by atoms with Crippen molar-refractivity contribution in [1.29, 1.82) is 0 Å². The van der Waals surface area contributed by atoms with Gasteiger partial charge in [-0.1, -0.05) is 20.3 Å². The first-order valence-corrected chi connectivity index (χ1v) is 11.8. The number of nitrogens with zero attached hydrogens (tertiary/aromatic N) is 4. The van der Waals surface area contributed by atoms with Gasteiger partial charge in [-0.15, -0.1) is 0 Å². The average molecular weight is 421 g/mol. The second-order valence-electron chi connectivity index (χ2n) is 9.12. The van der Waals surface area contributed by atoms with Gasteiger partial charge in [-0.3, -0.25) is 19.5 Å². The summed E-state index contributed by atoms with van der Waals surface area (Å²) in [6.45, 7) is 13.6. The fourth-order valence-electron chi connectivity index (χ4n) is 4.37. The molecule has 2 N–H and O–H groups in total. The molecule has 0 aromatic heterocycles. The van der Waals surface area contributed by atoms with Crippen LogP contribution < -0.4 is 10.6 Å². The zero-order valence-electron chi connectivity index (χ0n) is 19.0. The van der Waals surface area contributed by atoms with Crippen LogP contribution in [0, 0.1) is 11.8 Å². The summed E-state index contributed by atoms with van der Waals surface area (Å²) in [5, 5.41) is 6.82. The number of aliphatic imine (C=N–C) groups is 1. The summed E-state index contributed by atoms with van der Waals surface area (Å²) >= 11 is 0. The monoisotopic (exact) mass is 420 g/mol. The smallest absolute Gasteiger partial charge is 0.225 e. The third-order valence-electron chi connectivity index (χ3n) is 6.50. The molecule has 8 heteroatoms. The molecule has 0 aromatic carbocycles. The second kappa shape index (κ2) is 11.0. The zero-order chi connectivity index (χ0) is 21.5. The third-order valence-corrected chi connectivity index (χ3v) is 6.50. The van der Waals surface area contributed by atoms with E-state index in [2.05, 4.69) is 27.4 Å². The molecule has 0 aromatic rings. The van der Waals surface area contributed by atoms with Gasteiger partial charge in [0.15, 0.2) is 5.96 Å². The summed E-state index contributed by atoms with van der Waals surface area (Å²) in [5.74, 6) is 1.79. The van der Waals surface area contributed by atoms with Crippen LogP contribution in [0.15, 0.2) is 4.99 Å². The first-order chi connectivity index (χ1) is 14.5. The second-order valence-corrected chi connectivity index (χ2v) is 9.12. The summed E-state index contributed by atoms with van der Waals surface area (Å²) in [6.07, 6.45) is 4.33. The predicted octanol–water partition coefficient (Wildman–Crippen LogP) is 0.743. The first-order valence-electron chi connectivity index (χ1n) is 11.8. The van der Waals surface area contributed by atoms with Gasteiger partial charge in [0, 0.05) is 70.2 Å². The van der Waals surface area contributed by atoms with Gasteiger partial charge in [-0.25, -0.2) is 0 Å². The Morgan fingerprint density at radius 3 is 2.37 bits per heavy atom. The number of carbonyl (C=O) groups is 2. The molecule has 3 rings (SSSR count). The standard InChI is InChI=1S/C22H40N6O2/c1-4-23-22(25-19-8-10-28(16-19)20(29)17(2)3)24-9-11-26-12-14-27(15-13-26)21(30)18-6-5-7-18/h17-19H,4-16H2,1-3H3,(H2,23,24,25). The Hall–Kier alpha value is -1.83. The van der Waals surface area contributed by atoms with E-state index in [9.17, 15) is 9.59 Å². The molecule has 2 heterocycles. The molecular formula is C22H40N6O2. The molecule has 30 heavy (non-hydrogen) atoms. The van der Waals surface area contributed by atoms with Crippen LogP contribution >= 0.6 is 0 Å². The quantitative estimate of drug-likeness (QED) is 0.469. The molecule has 3 aliphatic rings. The van der Waals surface area contributed by atoms with Gasteiger partial charge in [-0.05, 0) is 26.2 Å². The van der Waals surface area contributed by atoms with Crippen molar-refractivity contribution >= 4 is 17.8 Å². The van der Waals surface area contributed by atoms with Crippen LogP contribution in [0.2, 0.25) is 0 Å². The molecule has 2 aliphatic heterocycles.